The molecular weight excluding hydrogens is 519 g/mol. The third-order valence-electron chi connectivity index (χ3n) is 7.85. The average Bonchev–Trinajstić information content (AvgIpc) is 3.20. The second-order valence-electron chi connectivity index (χ2n) is 12.0. The fourth-order valence-electron chi connectivity index (χ4n) is 4.52. The summed E-state index contributed by atoms with van der Waals surface area (Å²) in [6.07, 6.45) is 0.694. The Morgan fingerprint density at radius 3 is 2.29 bits per heavy atom. The van der Waals surface area contributed by atoms with Gasteiger partial charge in [-0.3, -0.25) is 9.36 Å². The predicted octanol–water partition coefficient (Wildman–Crippen LogP) is 7.25. The van der Waals surface area contributed by atoms with Crippen molar-refractivity contribution in [2.45, 2.75) is 104 Å². The first-order valence-corrected chi connectivity index (χ1v) is 18.7. The van der Waals surface area contributed by atoms with Gasteiger partial charge in [0.1, 0.15) is 11.9 Å². The number of ether oxygens (including phenoxy) is 2. The molecule has 1 heterocycles. The Morgan fingerprint density at radius 1 is 1.13 bits per heavy atom. The van der Waals surface area contributed by atoms with Crippen LogP contribution in [0.25, 0.3) is 0 Å². The number of carbonyl (C=O) groups is 1. The Bertz CT molecular complexity index is 892. The lowest BCUT2D eigenvalue weighted by atomic mass is 9.91. The maximum atomic E-state index is 13.5. The van der Waals surface area contributed by atoms with Gasteiger partial charge in [0.2, 0.25) is 0 Å². The van der Waals surface area contributed by atoms with Gasteiger partial charge in [0.05, 0.1) is 38.1 Å². The van der Waals surface area contributed by atoms with E-state index in [4.69, 9.17) is 22.9 Å². The monoisotopic (exact) mass is 570 g/mol. The van der Waals surface area contributed by atoms with Gasteiger partial charge in [0, 0.05) is 12.5 Å². The van der Waals surface area contributed by atoms with Crippen LogP contribution in [-0.2, 0) is 38.9 Å². The molecule has 0 aliphatic carbocycles. The zero-order chi connectivity index (χ0) is 28.6. The molecule has 0 bridgehead atoms. The molecule has 1 fully saturated rings. The molecule has 0 aromatic heterocycles. The minimum atomic E-state index is -3.50. The van der Waals surface area contributed by atoms with Crippen LogP contribution in [0, 0.1) is 11.8 Å². The van der Waals surface area contributed by atoms with Crippen molar-refractivity contribution in [1.82, 2.24) is 0 Å². The lowest BCUT2D eigenvalue weighted by Crippen LogP contribution is -2.50. The van der Waals surface area contributed by atoms with Crippen LogP contribution >= 0.6 is 7.60 Å². The molecule has 218 valence electrons. The van der Waals surface area contributed by atoms with Gasteiger partial charge < -0.3 is 22.9 Å². The molecule has 0 amide bonds. The summed E-state index contributed by atoms with van der Waals surface area (Å²) in [5.41, 5.74) is 1.15. The third kappa shape index (κ3) is 9.65. The molecule has 0 radical (unpaired) electrons. The van der Waals surface area contributed by atoms with Gasteiger partial charge >= 0.3 is 7.60 Å². The molecule has 1 aromatic rings. The topological polar surface area (TPSA) is 80.3 Å². The van der Waals surface area contributed by atoms with Gasteiger partial charge in [-0.1, -0.05) is 65.0 Å². The fraction of sp³-hybridized carbons (Fsp3) is 0.759. The van der Waals surface area contributed by atoms with Gasteiger partial charge in [-0.2, -0.15) is 0 Å². The van der Waals surface area contributed by atoms with E-state index in [9.17, 15) is 9.36 Å². The van der Waals surface area contributed by atoms with E-state index in [1.165, 1.54) is 0 Å². The standard InChI is InChI=1S/C29H51O7PSi/c1-10-33-37(31,34-11-2)21-25(30)23(4)28(36-38(8,9)29(5,6)7)27-19-22(3)26(35-27)17-18-32-20-24-15-13-12-14-16-24/h12-16,22-23,26-28H,10-11,17-21H2,1-9H3/t22-,23-,26-,27+,28-/m0/s1. The van der Waals surface area contributed by atoms with E-state index >= 15 is 0 Å². The Kier molecular flexibility index (Phi) is 12.9. The minimum Gasteiger partial charge on any atom is -0.411 e. The Morgan fingerprint density at radius 2 is 1.74 bits per heavy atom. The van der Waals surface area contributed by atoms with Gasteiger partial charge in [0.15, 0.2) is 8.32 Å². The molecule has 0 unspecified atom stereocenters. The first kappa shape index (κ1) is 33.3. The van der Waals surface area contributed by atoms with Gasteiger partial charge in [-0.05, 0) is 56.3 Å². The molecule has 1 aliphatic heterocycles. The highest BCUT2D eigenvalue weighted by Crippen LogP contribution is 2.49. The molecule has 5 atom stereocenters. The summed E-state index contributed by atoms with van der Waals surface area (Å²) in [7, 11) is -5.74. The molecule has 1 aliphatic rings. The summed E-state index contributed by atoms with van der Waals surface area (Å²) in [6.45, 7) is 20.1. The van der Waals surface area contributed by atoms with Crippen LogP contribution in [0.4, 0.5) is 0 Å². The average molecular weight is 571 g/mol. The maximum Gasteiger partial charge on any atom is 0.338 e. The second kappa shape index (κ2) is 14.7. The lowest BCUT2D eigenvalue weighted by Gasteiger charge is -2.42. The lowest BCUT2D eigenvalue weighted by molar-refractivity contribution is -0.127. The molecule has 2 rings (SSSR count). The zero-order valence-corrected chi connectivity index (χ0v) is 26.9. The van der Waals surface area contributed by atoms with Crippen molar-refractivity contribution in [1.29, 1.82) is 0 Å². The minimum absolute atomic E-state index is 0.0292. The Hall–Kier alpha value is -0.863. The first-order chi connectivity index (χ1) is 17.7. The van der Waals surface area contributed by atoms with Crippen LogP contribution in [0.15, 0.2) is 30.3 Å². The van der Waals surface area contributed by atoms with Gasteiger partial charge in [-0.25, -0.2) is 0 Å². The summed E-state index contributed by atoms with van der Waals surface area (Å²) < 4.78 is 43.3. The highest BCUT2D eigenvalue weighted by atomic mass is 31.2. The van der Waals surface area contributed by atoms with Crippen molar-refractivity contribution in [3.05, 3.63) is 35.9 Å². The molecule has 7 nitrogen and oxygen atoms in total. The van der Waals surface area contributed by atoms with Crippen molar-refractivity contribution in [2.75, 3.05) is 26.0 Å². The van der Waals surface area contributed by atoms with E-state index in [1.807, 2.05) is 25.1 Å². The van der Waals surface area contributed by atoms with E-state index in [0.29, 0.717) is 19.1 Å². The first-order valence-electron chi connectivity index (χ1n) is 14.1. The number of hydrogen-bond acceptors (Lipinski definition) is 7. The molecule has 0 spiro atoms. The van der Waals surface area contributed by atoms with Crippen molar-refractivity contribution in [3.63, 3.8) is 0 Å². The third-order valence-corrected chi connectivity index (χ3v) is 14.3. The van der Waals surface area contributed by atoms with E-state index in [0.717, 1.165) is 18.4 Å². The van der Waals surface area contributed by atoms with Crippen LogP contribution in [0.3, 0.4) is 0 Å². The van der Waals surface area contributed by atoms with E-state index in [2.05, 4.69) is 52.9 Å². The van der Waals surface area contributed by atoms with E-state index in [1.54, 1.807) is 13.8 Å². The molecular formula is C29H51O7PSi. The van der Waals surface area contributed by atoms with E-state index < -0.39 is 27.9 Å². The largest absolute Gasteiger partial charge is 0.411 e. The van der Waals surface area contributed by atoms with Crippen LogP contribution in [0.2, 0.25) is 18.1 Å². The molecule has 9 heteroatoms. The van der Waals surface area contributed by atoms with Crippen molar-refractivity contribution < 1.29 is 32.3 Å². The van der Waals surface area contributed by atoms with Gasteiger partial charge in [0.25, 0.3) is 0 Å². The Labute approximate surface area is 232 Å². The number of rotatable bonds is 16. The number of hydrogen-bond donors (Lipinski definition) is 0. The molecule has 0 saturated carbocycles. The fourth-order valence-corrected chi connectivity index (χ4v) is 7.62. The van der Waals surface area contributed by atoms with Crippen LogP contribution in [0.5, 0.6) is 0 Å². The number of Topliss-reactive ketones (excluding diaryl/α,β-unsaturated/α-hetero) is 1. The molecule has 1 saturated heterocycles. The SMILES string of the molecule is CCOP(=O)(CC(=O)[C@H](C)[C@H](O[Si](C)(C)C(C)(C)C)[C@H]1C[C@H](C)[C@H](CCOCc2ccccc2)O1)OCC. The molecule has 1 aromatic carbocycles. The zero-order valence-electron chi connectivity index (χ0n) is 25.0. The summed E-state index contributed by atoms with van der Waals surface area (Å²) >= 11 is 0. The van der Waals surface area contributed by atoms with Gasteiger partial charge in [-0.15, -0.1) is 0 Å². The summed E-state index contributed by atoms with van der Waals surface area (Å²) in [4.78, 5) is 13.5. The number of ketones is 1. The van der Waals surface area contributed by atoms with Crippen LogP contribution in [0.1, 0.15) is 66.9 Å². The van der Waals surface area contributed by atoms with Crippen LogP contribution in [-0.4, -0.2) is 58.4 Å². The highest BCUT2D eigenvalue weighted by molar-refractivity contribution is 7.54. The van der Waals surface area contributed by atoms with Crippen LogP contribution < -0.4 is 0 Å². The smallest absolute Gasteiger partial charge is 0.338 e. The summed E-state index contributed by atoms with van der Waals surface area (Å²) in [6, 6.07) is 10.1. The molecule has 38 heavy (non-hydrogen) atoms. The number of benzene rings is 1. The summed E-state index contributed by atoms with van der Waals surface area (Å²) in [5, 5.41) is -0.0329. The predicted molar refractivity (Wildman–Crippen MR) is 155 cm³/mol. The maximum absolute atomic E-state index is 13.5. The quantitative estimate of drug-likeness (QED) is 0.118. The van der Waals surface area contributed by atoms with Crippen molar-refractivity contribution in [2.24, 2.45) is 11.8 Å². The number of carbonyl (C=O) groups excluding carboxylic acids is 1. The summed E-state index contributed by atoms with van der Waals surface area (Å²) in [5.74, 6) is -0.375. The molecule has 0 N–H and O–H groups in total. The van der Waals surface area contributed by atoms with E-state index in [-0.39, 0.29) is 42.4 Å². The normalized spacial score (nSPS) is 22.4. The highest BCUT2D eigenvalue weighted by Gasteiger charge is 2.47. The Balaban J connectivity index is 2.13. The second-order valence-corrected chi connectivity index (χ2v) is 18.8. The van der Waals surface area contributed by atoms with Crippen molar-refractivity contribution >= 4 is 21.7 Å². The van der Waals surface area contributed by atoms with Crippen molar-refractivity contribution in [3.8, 4) is 0 Å².